The molecule has 2 amide bonds. The van der Waals surface area contributed by atoms with E-state index in [0.29, 0.717) is 11.2 Å². The summed E-state index contributed by atoms with van der Waals surface area (Å²) in [6, 6.07) is 5.76. The van der Waals surface area contributed by atoms with E-state index in [4.69, 9.17) is 0 Å². The van der Waals surface area contributed by atoms with Crippen LogP contribution in [-0.2, 0) is 9.59 Å². The van der Waals surface area contributed by atoms with Crippen LogP contribution < -0.4 is 10.6 Å². The molecule has 0 spiro atoms. The topological polar surface area (TPSA) is 71.1 Å². The van der Waals surface area contributed by atoms with Crippen LogP contribution in [0.3, 0.4) is 0 Å². The molecule has 2 rings (SSSR count). The molecule has 0 aliphatic carbocycles. The van der Waals surface area contributed by atoms with Crippen molar-refractivity contribution in [3.05, 3.63) is 24.4 Å². The van der Waals surface area contributed by atoms with Gasteiger partial charge < -0.3 is 10.6 Å². The van der Waals surface area contributed by atoms with Crippen molar-refractivity contribution < 1.29 is 9.59 Å². The van der Waals surface area contributed by atoms with Gasteiger partial charge in [0.05, 0.1) is 16.9 Å². The number of unbranched alkanes of at least 4 members (excludes halogenated alkanes) is 8. The van der Waals surface area contributed by atoms with Crippen molar-refractivity contribution >= 4 is 45.9 Å². The Kier molecular flexibility index (Phi) is 13.0. The molecule has 34 heavy (non-hydrogen) atoms. The molecule has 6 heteroatoms. The molecular formula is C28H43N3O2S. The summed E-state index contributed by atoms with van der Waals surface area (Å²) < 4.78 is 0. The van der Waals surface area contributed by atoms with Gasteiger partial charge >= 0.3 is 0 Å². The first-order chi connectivity index (χ1) is 16.5. The van der Waals surface area contributed by atoms with Gasteiger partial charge in [0, 0.05) is 29.3 Å². The number of pyridine rings is 1. The Hall–Kier alpha value is -2.08. The maximum absolute atomic E-state index is 13.5. The van der Waals surface area contributed by atoms with Crippen LogP contribution in [0.4, 0.5) is 11.4 Å². The lowest BCUT2D eigenvalue weighted by molar-refractivity contribution is -0.120. The number of anilines is 2. The van der Waals surface area contributed by atoms with E-state index < -0.39 is 0 Å². The highest BCUT2D eigenvalue weighted by Gasteiger charge is 2.21. The lowest BCUT2D eigenvalue weighted by atomic mass is 9.93. The van der Waals surface area contributed by atoms with Crippen LogP contribution in [0.2, 0.25) is 0 Å². The smallest absolute Gasteiger partial charge is 0.227 e. The van der Waals surface area contributed by atoms with E-state index in [1.807, 2.05) is 24.5 Å². The molecule has 1 aromatic heterocycles. The SMILES string of the molecule is CCCCCCCC(CCCCCCC)C(=O)Nc1c(SC)cc(NC(C)=O)c2ncccc12. The summed E-state index contributed by atoms with van der Waals surface area (Å²) in [7, 11) is 0. The standard InChI is InChI=1S/C28H43N3O2S/c1-5-7-9-11-13-16-22(17-14-12-10-8-6-2)28(33)31-27-23-18-15-19-29-26(23)24(30-21(3)32)20-25(27)34-4/h15,18-20,22H,5-14,16-17H2,1-4H3,(H,30,32)(H,31,33). The number of nitrogens with one attached hydrogen (secondary N) is 2. The summed E-state index contributed by atoms with van der Waals surface area (Å²) in [5.41, 5.74) is 2.17. The Labute approximate surface area is 210 Å². The number of benzene rings is 1. The number of nitrogens with zero attached hydrogens (tertiary/aromatic N) is 1. The molecule has 0 aliphatic heterocycles. The molecule has 1 aromatic carbocycles. The van der Waals surface area contributed by atoms with Gasteiger partial charge in [-0.3, -0.25) is 14.6 Å². The quantitative estimate of drug-likeness (QED) is 0.186. The third kappa shape index (κ3) is 8.94. The second kappa shape index (κ2) is 15.8. The fraction of sp³-hybridized carbons (Fsp3) is 0.607. The van der Waals surface area contributed by atoms with E-state index in [-0.39, 0.29) is 17.7 Å². The zero-order valence-electron chi connectivity index (χ0n) is 21.5. The molecule has 0 unspecified atom stereocenters. The molecule has 188 valence electrons. The molecule has 0 fully saturated rings. The third-order valence-corrected chi connectivity index (χ3v) is 7.08. The Morgan fingerprint density at radius 2 is 1.56 bits per heavy atom. The summed E-state index contributed by atoms with van der Waals surface area (Å²) >= 11 is 1.57. The highest BCUT2D eigenvalue weighted by atomic mass is 32.2. The predicted octanol–water partition coefficient (Wildman–Crippen LogP) is 8.19. The summed E-state index contributed by atoms with van der Waals surface area (Å²) in [4.78, 5) is 30.7. The number of aromatic nitrogens is 1. The van der Waals surface area contributed by atoms with Crippen molar-refractivity contribution in [2.75, 3.05) is 16.9 Å². The Bertz CT molecular complexity index is 902. The van der Waals surface area contributed by atoms with Crippen molar-refractivity contribution in [3.63, 3.8) is 0 Å². The van der Waals surface area contributed by atoms with Crippen LogP contribution in [0.25, 0.3) is 10.9 Å². The normalized spacial score (nSPS) is 11.2. The lowest BCUT2D eigenvalue weighted by Gasteiger charge is -2.20. The first-order valence-electron chi connectivity index (χ1n) is 13.1. The number of amides is 2. The lowest BCUT2D eigenvalue weighted by Crippen LogP contribution is -2.23. The highest BCUT2D eigenvalue weighted by Crippen LogP contribution is 2.38. The highest BCUT2D eigenvalue weighted by molar-refractivity contribution is 7.98. The van der Waals surface area contributed by atoms with Crippen LogP contribution in [0.15, 0.2) is 29.3 Å². The van der Waals surface area contributed by atoms with Crippen molar-refractivity contribution in [1.82, 2.24) is 4.98 Å². The molecule has 0 aliphatic rings. The van der Waals surface area contributed by atoms with Crippen LogP contribution in [-0.4, -0.2) is 23.1 Å². The maximum Gasteiger partial charge on any atom is 0.227 e. The summed E-state index contributed by atoms with van der Waals surface area (Å²) in [5.74, 6) is 0.000386. The molecule has 0 atom stereocenters. The first-order valence-corrected chi connectivity index (χ1v) is 14.3. The number of carbonyl (C=O) groups excluding carboxylic acids is 2. The second-order valence-electron chi connectivity index (χ2n) is 9.17. The largest absolute Gasteiger partial charge is 0.324 e. The number of hydrogen-bond donors (Lipinski definition) is 2. The minimum atomic E-state index is -0.137. The van der Waals surface area contributed by atoms with E-state index in [9.17, 15) is 9.59 Å². The molecule has 0 saturated heterocycles. The summed E-state index contributed by atoms with van der Waals surface area (Å²) in [6.07, 6.45) is 17.7. The van der Waals surface area contributed by atoms with Gasteiger partial charge in [-0.2, -0.15) is 0 Å². The zero-order chi connectivity index (χ0) is 24.8. The van der Waals surface area contributed by atoms with E-state index >= 15 is 0 Å². The number of hydrogen-bond acceptors (Lipinski definition) is 4. The van der Waals surface area contributed by atoms with Gasteiger partial charge in [-0.1, -0.05) is 78.1 Å². The average molecular weight is 486 g/mol. The maximum atomic E-state index is 13.5. The van der Waals surface area contributed by atoms with Crippen molar-refractivity contribution in [1.29, 1.82) is 0 Å². The van der Waals surface area contributed by atoms with Crippen molar-refractivity contribution in [2.45, 2.75) is 103 Å². The van der Waals surface area contributed by atoms with Gasteiger partial charge in [0.1, 0.15) is 0 Å². The van der Waals surface area contributed by atoms with Gasteiger partial charge in [-0.15, -0.1) is 11.8 Å². The average Bonchev–Trinajstić information content (AvgIpc) is 2.83. The van der Waals surface area contributed by atoms with Crippen molar-refractivity contribution in [3.8, 4) is 0 Å². The van der Waals surface area contributed by atoms with E-state index in [1.54, 1.807) is 18.0 Å². The Morgan fingerprint density at radius 3 is 2.12 bits per heavy atom. The van der Waals surface area contributed by atoms with Crippen LogP contribution >= 0.6 is 11.8 Å². The minimum Gasteiger partial charge on any atom is -0.324 e. The van der Waals surface area contributed by atoms with E-state index in [1.165, 1.54) is 58.3 Å². The van der Waals surface area contributed by atoms with Gasteiger partial charge in [0.25, 0.3) is 0 Å². The van der Waals surface area contributed by atoms with Gasteiger partial charge in [0.15, 0.2) is 0 Å². The monoisotopic (exact) mass is 485 g/mol. The fourth-order valence-corrected chi connectivity index (χ4v) is 5.02. The summed E-state index contributed by atoms with van der Waals surface area (Å²) in [5, 5.41) is 7.02. The molecule has 2 aromatic rings. The molecule has 0 radical (unpaired) electrons. The second-order valence-corrected chi connectivity index (χ2v) is 10.0. The van der Waals surface area contributed by atoms with Crippen LogP contribution in [0, 0.1) is 5.92 Å². The van der Waals surface area contributed by atoms with E-state index in [2.05, 4.69) is 29.5 Å². The van der Waals surface area contributed by atoms with Gasteiger partial charge in [0.2, 0.25) is 11.8 Å². The number of carbonyl (C=O) groups is 2. The predicted molar refractivity (Wildman–Crippen MR) is 147 cm³/mol. The molecular weight excluding hydrogens is 442 g/mol. The fourth-order valence-electron chi connectivity index (χ4n) is 4.42. The van der Waals surface area contributed by atoms with Crippen LogP contribution in [0.5, 0.6) is 0 Å². The zero-order valence-corrected chi connectivity index (χ0v) is 22.4. The first kappa shape index (κ1) is 28.2. The Morgan fingerprint density at radius 1 is 0.941 bits per heavy atom. The summed E-state index contributed by atoms with van der Waals surface area (Å²) in [6.45, 7) is 5.95. The molecule has 0 bridgehead atoms. The van der Waals surface area contributed by atoms with Gasteiger partial charge in [-0.05, 0) is 37.3 Å². The Balaban J connectivity index is 2.22. The molecule has 0 saturated carbocycles. The number of rotatable bonds is 16. The third-order valence-electron chi connectivity index (χ3n) is 6.32. The minimum absolute atomic E-state index is 0.0275. The molecule has 5 nitrogen and oxygen atoms in total. The molecule has 1 heterocycles. The van der Waals surface area contributed by atoms with E-state index in [0.717, 1.165) is 41.7 Å². The number of fused-ring (bicyclic) bond motifs is 1. The van der Waals surface area contributed by atoms with Crippen molar-refractivity contribution in [2.24, 2.45) is 5.92 Å². The number of thioether (sulfide) groups is 1. The van der Waals surface area contributed by atoms with Crippen LogP contribution in [0.1, 0.15) is 97.8 Å². The molecule has 2 N–H and O–H groups in total. The van der Waals surface area contributed by atoms with Gasteiger partial charge in [-0.25, -0.2) is 0 Å².